The predicted molar refractivity (Wildman–Crippen MR) is 76.9 cm³/mol. The van der Waals surface area contributed by atoms with Crippen molar-refractivity contribution in [1.82, 2.24) is 10.2 Å². The normalized spacial score (nSPS) is 10.3. The summed E-state index contributed by atoms with van der Waals surface area (Å²) < 4.78 is 0. The molecule has 1 aromatic carbocycles. The molecule has 1 aromatic heterocycles. The summed E-state index contributed by atoms with van der Waals surface area (Å²) in [6.45, 7) is 5.57. The minimum Gasteiger partial charge on any atom is -0.506 e. The summed E-state index contributed by atoms with van der Waals surface area (Å²) in [6, 6.07) is 6.81. The van der Waals surface area contributed by atoms with Gasteiger partial charge in [-0.3, -0.25) is 4.79 Å². The number of nitrogens with one attached hydrogen (secondary N) is 1. The third-order valence-corrected chi connectivity index (χ3v) is 2.97. The summed E-state index contributed by atoms with van der Waals surface area (Å²) in [5, 5.41) is 20.5. The van der Waals surface area contributed by atoms with Crippen LogP contribution in [0.5, 0.6) is 5.75 Å². The molecule has 2 N–H and O–H groups in total. The summed E-state index contributed by atoms with van der Waals surface area (Å²) in [5.41, 5.74) is 3.12. The third kappa shape index (κ3) is 2.93. The summed E-state index contributed by atoms with van der Waals surface area (Å²) in [5.74, 6) is -0.242. The second-order valence-corrected chi connectivity index (χ2v) is 4.67. The Bertz CT molecular complexity index is 654. The fourth-order valence-electron chi connectivity index (χ4n) is 1.91. The number of anilines is 1. The lowest BCUT2D eigenvalue weighted by Crippen LogP contribution is -2.16. The lowest BCUT2D eigenvalue weighted by atomic mass is 10.1. The van der Waals surface area contributed by atoms with Crippen LogP contribution in [0.4, 0.5) is 5.69 Å². The predicted octanol–water partition coefficient (Wildman–Crippen LogP) is 2.61. The zero-order valence-corrected chi connectivity index (χ0v) is 11.8. The Labute approximate surface area is 117 Å². The molecule has 0 unspecified atom stereocenters. The van der Waals surface area contributed by atoms with Crippen LogP contribution in [0.25, 0.3) is 0 Å². The van der Waals surface area contributed by atoms with Gasteiger partial charge in [-0.15, -0.1) is 0 Å². The molecule has 0 bridgehead atoms. The highest BCUT2D eigenvalue weighted by molar-refractivity contribution is 6.05. The minimum absolute atomic E-state index is 0.0511. The number of aryl methyl sites for hydroxylation is 3. The Balaban J connectivity index is 2.30. The van der Waals surface area contributed by atoms with Crippen LogP contribution in [-0.2, 0) is 6.42 Å². The summed E-state index contributed by atoms with van der Waals surface area (Å²) in [7, 11) is 0. The van der Waals surface area contributed by atoms with E-state index in [0.29, 0.717) is 29.1 Å². The number of phenolic OH excluding ortho intramolecular Hbond substituents is 1. The standard InChI is InChI=1S/C15H17N3O2/c1-4-12-11(8-10(3)17-18-12)15(20)16-13-6-5-9(2)7-14(13)19/h5-8,19H,4H2,1-3H3,(H,16,20). The van der Waals surface area contributed by atoms with Gasteiger partial charge in [-0.25, -0.2) is 0 Å². The molecule has 2 rings (SSSR count). The van der Waals surface area contributed by atoms with E-state index in [4.69, 9.17) is 0 Å². The van der Waals surface area contributed by atoms with Gasteiger partial charge >= 0.3 is 0 Å². The van der Waals surface area contributed by atoms with Crippen LogP contribution in [0.15, 0.2) is 24.3 Å². The van der Waals surface area contributed by atoms with E-state index in [1.165, 1.54) is 0 Å². The van der Waals surface area contributed by atoms with E-state index in [2.05, 4.69) is 15.5 Å². The molecule has 0 aliphatic carbocycles. The van der Waals surface area contributed by atoms with Crippen LogP contribution in [-0.4, -0.2) is 21.2 Å². The number of hydrogen-bond donors (Lipinski definition) is 2. The maximum absolute atomic E-state index is 12.3. The van der Waals surface area contributed by atoms with Crippen LogP contribution in [0.1, 0.15) is 34.2 Å². The molecule has 1 amide bonds. The SMILES string of the molecule is CCc1nnc(C)cc1C(=O)Nc1ccc(C)cc1O. The number of phenols is 1. The number of nitrogens with zero attached hydrogens (tertiary/aromatic N) is 2. The van der Waals surface area contributed by atoms with Gasteiger partial charge in [0.15, 0.2) is 0 Å². The van der Waals surface area contributed by atoms with Gasteiger partial charge in [0.05, 0.1) is 22.6 Å². The van der Waals surface area contributed by atoms with Gasteiger partial charge in [0, 0.05) is 0 Å². The minimum atomic E-state index is -0.293. The van der Waals surface area contributed by atoms with Crippen molar-refractivity contribution in [3.8, 4) is 5.75 Å². The number of rotatable bonds is 3. The van der Waals surface area contributed by atoms with Gasteiger partial charge in [-0.1, -0.05) is 13.0 Å². The van der Waals surface area contributed by atoms with Crippen molar-refractivity contribution in [2.45, 2.75) is 27.2 Å². The first-order valence-electron chi connectivity index (χ1n) is 6.45. The van der Waals surface area contributed by atoms with Crippen LogP contribution in [0, 0.1) is 13.8 Å². The van der Waals surface area contributed by atoms with Gasteiger partial charge < -0.3 is 10.4 Å². The number of aromatic nitrogens is 2. The van der Waals surface area contributed by atoms with Gasteiger partial charge in [0.25, 0.3) is 5.91 Å². The van der Waals surface area contributed by atoms with Gasteiger partial charge in [0.2, 0.25) is 0 Å². The van der Waals surface area contributed by atoms with E-state index < -0.39 is 0 Å². The maximum atomic E-state index is 12.3. The molecule has 0 spiro atoms. The van der Waals surface area contributed by atoms with Gasteiger partial charge in [-0.05, 0) is 44.0 Å². The Hall–Kier alpha value is -2.43. The van der Waals surface area contributed by atoms with E-state index in [1.54, 1.807) is 25.1 Å². The molecule has 5 nitrogen and oxygen atoms in total. The number of aromatic hydroxyl groups is 1. The van der Waals surface area contributed by atoms with Crippen molar-refractivity contribution >= 4 is 11.6 Å². The Morgan fingerprint density at radius 3 is 2.65 bits per heavy atom. The second-order valence-electron chi connectivity index (χ2n) is 4.67. The third-order valence-electron chi connectivity index (χ3n) is 2.97. The number of amides is 1. The molecular formula is C15H17N3O2. The summed E-state index contributed by atoms with van der Waals surface area (Å²) in [4.78, 5) is 12.3. The van der Waals surface area contributed by atoms with E-state index in [0.717, 1.165) is 5.56 Å². The Morgan fingerprint density at radius 2 is 2.00 bits per heavy atom. The van der Waals surface area contributed by atoms with Crippen molar-refractivity contribution in [2.75, 3.05) is 5.32 Å². The highest BCUT2D eigenvalue weighted by Gasteiger charge is 2.14. The van der Waals surface area contributed by atoms with Crippen molar-refractivity contribution in [3.05, 3.63) is 46.8 Å². The molecule has 104 valence electrons. The first-order chi connectivity index (χ1) is 9.51. The zero-order valence-electron chi connectivity index (χ0n) is 11.8. The van der Waals surface area contributed by atoms with Crippen molar-refractivity contribution in [3.63, 3.8) is 0 Å². The fraction of sp³-hybridized carbons (Fsp3) is 0.267. The monoisotopic (exact) mass is 271 g/mol. The molecule has 5 heteroatoms. The Morgan fingerprint density at radius 1 is 1.25 bits per heavy atom. The van der Waals surface area contributed by atoms with E-state index in [-0.39, 0.29) is 11.7 Å². The topological polar surface area (TPSA) is 75.1 Å². The van der Waals surface area contributed by atoms with Crippen molar-refractivity contribution < 1.29 is 9.90 Å². The summed E-state index contributed by atoms with van der Waals surface area (Å²) >= 11 is 0. The maximum Gasteiger partial charge on any atom is 0.257 e. The molecule has 0 aliphatic heterocycles. The van der Waals surface area contributed by atoms with Gasteiger partial charge in [-0.2, -0.15) is 10.2 Å². The smallest absolute Gasteiger partial charge is 0.257 e. The average molecular weight is 271 g/mol. The summed E-state index contributed by atoms with van der Waals surface area (Å²) in [6.07, 6.45) is 0.621. The van der Waals surface area contributed by atoms with Crippen LogP contribution < -0.4 is 5.32 Å². The molecule has 20 heavy (non-hydrogen) atoms. The quantitative estimate of drug-likeness (QED) is 0.841. The molecule has 2 aromatic rings. The van der Waals surface area contributed by atoms with Crippen LogP contribution in [0.2, 0.25) is 0 Å². The van der Waals surface area contributed by atoms with E-state index >= 15 is 0 Å². The van der Waals surface area contributed by atoms with Crippen LogP contribution in [0.3, 0.4) is 0 Å². The molecule has 0 aliphatic rings. The number of hydrogen-bond acceptors (Lipinski definition) is 4. The second kappa shape index (κ2) is 5.69. The molecule has 0 radical (unpaired) electrons. The number of benzene rings is 1. The lowest BCUT2D eigenvalue weighted by Gasteiger charge is -2.10. The molecule has 0 saturated heterocycles. The Kier molecular flexibility index (Phi) is 3.98. The molecule has 0 saturated carbocycles. The first kappa shape index (κ1) is 14.0. The molecule has 0 fully saturated rings. The lowest BCUT2D eigenvalue weighted by molar-refractivity contribution is 0.102. The van der Waals surface area contributed by atoms with E-state index in [1.807, 2.05) is 19.9 Å². The van der Waals surface area contributed by atoms with Crippen molar-refractivity contribution in [1.29, 1.82) is 0 Å². The number of carbonyl (C=O) groups is 1. The fourth-order valence-corrected chi connectivity index (χ4v) is 1.91. The zero-order chi connectivity index (χ0) is 14.7. The first-order valence-corrected chi connectivity index (χ1v) is 6.45. The number of carbonyl (C=O) groups excluding carboxylic acids is 1. The van der Waals surface area contributed by atoms with Gasteiger partial charge in [0.1, 0.15) is 5.75 Å². The average Bonchev–Trinajstić information content (AvgIpc) is 2.41. The molecular weight excluding hydrogens is 254 g/mol. The van der Waals surface area contributed by atoms with Crippen LogP contribution >= 0.6 is 0 Å². The van der Waals surface area contributed by atoms with Crippen molar-refractivity contribution in [2.24, 2.45) is 0 Å². The largest absolute Gasteiger partial charge is 0.506 e. The molecule has 0 atom stereocenters. The van der Waals surface area contributed by atoms with E-state index in [9.17, 15) is 9.90 Å². The highest BCUT2D eigenvalue weighted by atomic mass is 16.3. The molecule has 1 heterocycles. The highest BCUT2D eigenvalue weighted by Crippen LogP contribution is 2.24.